The van der Waals surface area contributed by atoms with Crippen LogP contribution in [-0.4, -0.2) is 24.1 Å². The van der Waals surface area contributed by atoms with E-state index in [1.165, 1.54) is 25.3 Å². The number of esters is 1. The minimum absolute atomic E-state index is 0.0301. The highest BCUT2D eigenvalue weighted by Crippen LogP contribution is 2.31. The Morgan fingerprint density at radius 1 is 1.12 bits per heavy atom. The predicted molar refractivity (Wildman–Crippen MR) is 93.1 cm³/mol. The van der Waals surface area contributed by atoms with Gasteiger partial charge in [-0.15, -0.1) is 0 Å². The number of methoxy groups -OCH3 is 1. The van der Waals surface area contributed by atoms with Crippen molar-refractivity contribution in [3.63, 3.8) is 0 Å². The number of anilines is 1. The van der Waals surface area contributed by atoms with Gasteiger partial charge in [0.25, 0.3) is 5.91 Å². The zero-order chi connectivity index (χ0) is 18.1. The molecule has 0 fully saturated rings. The molecule has 6 heteroatoms. The van der Waals surface area contributed by atoms with E-state index in [1.807, 2.05) is 25.1 Å². The number of aryl methyl sites for hydroxylation is 2. The van der Waals surface area contributed by atoms with Crippen LogP contribution in [0.1, 0.15) is 32.0 Å². The highest BCUT2D eigenvalue weighted by molar-refractivity contribution is 6.08. The molecule has 0 unspecified atom stereocenters. The molecule has 1 heterocycles. The van der Waals surface area contributed by atoms with E-state index in [0.717, 1.165) is 10.9 Å². The molecule has 3 rings (SSSR count). The van der Waals surface area contributed by atoms with Gasteiger partial charge < -0.3 is 19.6 Å². The number of carbonyl (C=O) groups excluding carboxylic acids is 2. The minimum atomic E-state index is -0.691. The molecule has 0 saturated carbocycles. The molecule has 0 aliphatic rings. The molecule has 1 amide bonds. The second kappa shape index (κ2) is 6.32. The number of nitrogens with one attached hydrogen (secondary N) is 1. The molecule has 0 aliphatic carbocycles. The van der Waals surface area contributed by atoms with Gasteiger partial charge in [-0.3, -0.25) is 4.79 Å². The van der Waals surface area contributed by atoms with Crippen molar-refractivity contribution >= 4 is 28.5 Å². The Kier molecular flexibility index (Phi) is 4.19. The molecule has 0 bridgehead atoms. The second-order valence-electron chi connectivity index (χ2n) is 5.66. The van der Waals surface area contributed by atoms with Crippen LogP contribution in [0.4, 0.5) is 5.69 Å². The lowest BCUT2D eigenvalue weighted by atomic mass is 10.1. The van der Waals surface area contributed by atoms with E-state index in [1.54, 1.807) is 6.92 Å². The van der Waals surface area contributed by atoms with Crippen molar-refractivity contribution in [1.82, 2.24) is 0 Å². The first-order valence-electron chi connectivity index (χ1n) is 7.64. The van der Waals surface area contributed by atoms with Gasteiger partial charge in [0, 0.05) is 10.9 Å². The summed E-state index contributed by atoms with van der Waals surface area (Å²) in [5.41, 5.74) is 2.36. The lowest BCUT2D eigenvalue weighted by Gasteiger charge is -2.09. The third kappa shape index (κ3) is 2.82. The van der Waals surface area contributed by atoms with Crippen molar-refractivity contribution in [2.75, 3.05) is 12.4 Å². The van der Waals surface area contributed by atoms with Crippen molar-refractivity contribution in [3.05, 3.63) is 58.8 Å². The number of carbonyl (C=O) groups is 2. The molecule has 1 aromatic heterocycles. The van der Waals surface area contributed by atoms with E-state index in [-0.39, 0.29) is 22.8 Å². The van der Waals surface area contributed by atoms with Crippen LogP contribution in [0.2, 0.25) is 0 Å². The molecule has 0 atom stereocenters. The maximum Gasteiger partial charge on any atom is 0.341 e. The van der Waals surface area contributed by atoms with E-state index in [9.17, 15) is 14.7 Å². The van der Waals surface area contributed by atoms with Crippen LogP contribution in [0, 0.1) is 13.8 Å². The Morgan fingerprint density at radius 2 is 1.84 bits per heavy atom. The van der Waals surface area contributed by atoms with Gasteiger partial charge in [-0.05, 0) is 31.5 Å². The van der Waals surface area contributed by atoms with Crippen LogP contribution in [0.3, 0.4) is 0 Å². The van der Waals surface area contributed by atoms with E-state index in [2.05, 4.69) is 10.1 Å². The molecule has 25 heavy (non-hydrogen) atoms. The molecule has 3 aromatic rings. The molecular weight excluding hydrogens is 322 g/mol. The lowest BCUT2D eigenvalue weighted by Crippen LogP contribution is -2.13. The molecule has 2 N–H and O–H groups in total. The summed E-state index contributed by atoms with van der Waals surface area (Å²) in [7, 11) is 1.22. The number of fused-ring (bicyclic) bond motifs is 1. The molecule has 0 radical (unpaired) electrons. The molecule has 0 spiro atoms. The highest BCUT2D eigenvalue weighted by atomic mass is 16.5. The molecule has 0 saturated heterocycles. The van der Waals surface area contributed by atoms with Crippen LogP contribution < -0.4 is 5.32 Å². The van der Waals surface area contributed by atoms with Gasteiger partial charge in [-0.25, -0.2) is 4.79 Å². The first-order valence-corrected chi connectivity index (χ1v) is 7.64. The number of benzene rings is 2. The van der Waals surface area contributed by atoms with E-state index < -0.39 is 11.9 Å². The number of amides is 1. The number of ether oxygens (including phenoxy) is 1. The summed E-state index contributed by atoms with van der Waals surface area (Å²) in [5, 5.41) is 13.6. The Labute approximate surface area is 144 Å². The number of hydrogen-bond acceptors (Lipinski definition) is 5. The maximum atomic E-state index is 12.6. The van der Waals surface area contributed by atoms with Gasteiger partial charge in [0.2, 0.25) is 0 Å². The summed E-state index contributed by atoms with van der Waals surface area (Å²) in [6.07, 6.45) is 0. The van der Waals surface area contributed by atoms with Gasteiger partial charge in [-0.1, -0.05) is 24.3 Å². The van der Waals surface area contributed by atoms with Crippen LogP contribution in [0.25, 0.3) is 11.0 Å². The Balaban J connectivity index is 1.97. The number of rotatable bonds is 3. The van der Waals surface area contributed by atoms with Gasteiger partial charge in [0.15, 0.2) is 11.5 Å². The largest absolute Gasteiger partial charge is 0.505 e. The molecule has 0 aliphatic heterocycles. The monoisotopic (exact) mass is 339 g/mol. The van der Waals surface area contributed by atoms with Crippen LogP contribution in [0.15, 0.2) is 40.8 Å². The fourth-order valence-corrected chi connectivity index (χ4v) is 2.70. The van der Waals surface area contributed by atoms with Crippen LogP contribution >= 0.6 is 0 Å². The molecule has 6 nitrogen and oxygen atoms in total. The van der Waals surface area contributed by atoms with E-state index >= 15 is 0 Å². The molecular formula is C19H17NO5. The predicted octanol–water partition coefficient (Wildman–Crippen LogP) is 3.79. The fraction of sp³-hybridized carbons (Fsp3) is 0.158. The van der Waals surface area contributed by atoms with Gasteiger partial charge in [-0.2, -0.15) is 0 Å². The number of aromatic hydroxyl groups is 1. The van der Waals surface area contributed by atoms with Crippen molar-refractivity contribution in [2.24, 2.45) is 0 Å². The number of furan rings is 1. The first-order chi connectivity index (χ1) is 11.9. The third-order valence-electron chi connectivity index (χ3n) is 4.06. The summed E-state index contributed by atoms with van der Waals surface area (Å²) >= 11 is 0. The fourth-order valence-electron chi connectivity index (χ4n) is 2.70. The number of phenolic OH excluding ortho intramolecular Hbond substituents is 1. The lowest BCUT2D eigenvalue weighted by molar-refractivity contribution is 0.0597. The quantitative estimate of drug-likeness (QED) is 0.560. The average molecular weight is 339 g/mol. The van der Waals surface area contributed by atoms with Crippen LogP contribution in [-0.2, 0) is 4.74 Å². The summed E-state index contributed by atoms with van der Waals surface area (Å²) in [6, 6.07) is 10.1. The smallest absolute Gasteiger partial charge is 0.341 e. The third-order valence-corrected chi connectivity index (χ3v) is 4.06. The van der Waals surface area contributed by atoms with Gasteiger partial charge in [0.1, 0.15) is 11.1 Å². The standard InChI is InChI=1S/C19H17NO5/c1-10-6-4-7-12-11(2)17(25-16(10)12)18(22)20-14-9-5-8-13(15(14)21)19(23)24-3/h4-9,21H,1-3H3,(H,20,22). The van der Waals surface area contributed by atoms with E-state index in [0.29, 0.717) is 11.1 Å². The van der Waals surface area contributed by atoms with Crippen molar-refractivity contribution in [1.29, 1.82) is 0 Å². The van der Waals surface area contributed by atoms with Crippen LogP contribution in [0.5, 0.6) is 5.75 Å². The van der Waals surface area contributed by atoms with Gasteiger partial charge in [0.05, 0.1) is 12.8 Å². The Morgan fingerprint density at radius 3 is 2.52 bits per heavy atom. The number of hydrogen-bond donors (Lipinski definition) is 2. The zero-order valence-electron chi connectivity index (χ0n) is 14.0. The number of phenols is 1. The maximum absolute atomic E-state index is 12.6. The number of para-hydroxylation sites is 2. The summed E-state index contributed by atoms with van der Waals surface area (Å²) in [4.78, 5) is 24.2. The Bertz CT molecular complexity index is 987. The summed E-state index contributed by atoms with van der Waals surface area (Å²) < 4.78 is 10.3. The zero-order valence-corrected chi connectivity index (χ0v) is 14.0. The SMILES string of the molecule is COC(=O)c1cccc(NC(=O)c2oc3c(C)cccc3c2C)c1O. The molecule has 2 aromatic carbocycles. The van der Waals surface area contributed by atoms with Crippen molar-refractivity contribution in [3.8, 4) is 5.75 Å². The van der Waals surface area contributed by atoms with Gasteiger partial charge >= 0.3 is 5.97 Å². The average Bonchev–Trinajstić information content (AvgIpc) is 2.94. The van der Waals surface area contributed by atoms with Crippen molar-refractivity contribution < 1.29 is 23.8 Å². The summed E-state index contributed by atoms with van der Waals surface area (Å²) in [5.74, 6) is -1.39. The highest BCUT2D eigenvalue weighted by Gasteiger charge is 2.21. The second-order valence-corrected chi connectivity index (χ2v) is 5.66. The molecule has 128 valence electrons. The normalized spacial score (nSPS) is 10.7. The van der Waals surface area contributed by atoms with E-state index in [4.69, 9.17) is 4.42 Å². The topological polar surface area (TPSA) is 88.8 Å². The van der Waals surface area contributed by atoms with Crippen molar-refractivity contribution in [2.45, 2.75) is 13.8 Å². The Hall–Kier alpha value is -3.28. The summed E-state index contributed by atoms with van der Waals surface area (Å²) in [6.45, 7) is 3.70. The minimum Gasteiger partial charge on any atom is -0.505 e. The first kappa shape index (κ1) is 16.6.